The molecular weight excluding hydrogens is 337 g/mol. The van der Waals surface area contributed by atoms with Crippen LogP contribution in [-0.4, -0.2) is 23.0 Å². The number of carbonyl (C=O) groups is 1. The van der Waals surface area contributed by atoms with Gasteiger partial charge in [-0.2, -0.15) is 0 Å². The summed E-state index contributed by atoms with van der Waals surface area (Å²) in [6, 6.07) is 8.44. The van der Waals surface area contributed by atoms with Crippen LogP contribution < -0.4 is 10.1 Å². The lowest BCUT2D eigenvalue weighted by molar-refractivity contribution is 0.102. The fraction of sp³-hybridized carbons (Fsp3) is 0.0625. The number of nitrogens with one attached hydrogen (secondary N) is 1. The van der Waals surface area contributed by atoms with Gasteiger partial charge in [0.15, 0.2) is 5.82 Å². The Morgan fingerprint density at radius 3 is 2.78 bits per heavy atom. The van der Waals surface area contributed by atoms with Crippen molar-refractivity contribution in [3.05, 3.63) is 58.3 Å². The van der Waals surface area contributed by atoms with Gasteiger partial charge in [0.1, 0.15) is 11.3 Å². The Balaban J connectivity index is 2.01. The Morgan fingerprint density at radius 2 is 2.04 bits per heavy atom. The summed E-state index contributed by atoms with van der Waals surface area (Å²) < 4.78 is 5.27. The molecule has 0 unspecified atom stereocenters. The summed E-state index contributed by atoms with van der Waals surface area (Å²) in [6.45, 7) is 0. The van der Waals surface area contributed by atoms with Crippen LogP contribution in [0.3, 0.4) is 0 Å². The zero-order valence-corrected chi connectivity index (χ0v) is 13.5. The van der Waals surface area contributed by atoms with Crippen molar-refractivity contribution >= 4 is 45.8 Å². The number of hydrogen-bond acceptors (Lipinski definition) is 4. The van der Waals surface area contributed by atoms with Crippen molar-refractivity contribution in [1.29, 1.82) is 0 Å². The molecule has 0 aliphatic carbocycles. The number of aromatic nitrogens is 2. The first-order valence-corrected chi connectivity index (χ1v) is 7.40. The highest BCUT2D eigenvalue weighted by molar-refractivity contribution is 6.36. The van der Waals surface area contributed by atoms with E-state index in [9.17, 15) is 4.79 Å². The van der Waals surface area contributed by atoms with Crippen LogP contribution in [0, 0.1) is 0 Å². The van der Waals surface area contributed by atoms with Gasteiger partial charge in [-0.05, 0) is 24.3 Å². The number of carbonyl (C=O) groups excluding carboxylic acids is 1. The lowest BCUT2D eigenvalue weighted by Crippen LogP contribution is -2.14. The third-order valence-corrected chi connectivity index (χ3v) is 3.73. The number of rotatable bonds is 3. The van der Waals surface area contributed by atoms with E-state index in [1.54, 1.807) is 37.6 Å². The molecular formula is C16H11Cl2N3O2. The SMILES string of the molecule is COc1ccc(C(=O)Nc2ncc(Cl)cc2Cl)c2cccnc12. The zero-order chi connectivity index (χ0) is 16.4. The second-order valence-electron chi connectivity index (χ2n) is 4.65. The largest absolute Gasteiger partial charge is 0.494 e. The maximum Gasteiger partial charge on any atom is 0.257 e. The number of benzene rings is 1. The molecule has 1 aromatic carbocycles. The second-order valence-corrected chi connectivity index (χ2v) is 5.50. The lowest BCUT2D eigenvalue weighted by atomic mass is 10.1. The van der Waals surface area contributed by atoms with Crippen molar-refractivity contribution in [3.63, 3.8) is 0 Å². The van der Waals surface area contributed by atoms with Gasteiger partial charge in [-0.25, -0.2) is 4.98 Å². The van der Waals surface area contributed by atoms with E-state index in [1.165, 1.54) is 12.3 Å². The van der Waals surface area contributed by atoms with Gasteiger partial charge in [0.2, 0.25) is 0 Å². The molecule has 0 atom stereocenters. The topological polar surface area (TPSA) is 64.1 Å². The van der Waals surface area contributed by atoms with Crippen LogP contribution >= 0.6 is 23.2 Å². The van der Waals surface area contributed by atoms with Crippen molar-refractivity contribution in [2.45, 2.75) is 0 Å². The van der Waals surface area contributed by atoms with Gasteiger partial charge in [0, 0.05) is 23.3 Å². The van der Waals surface area contributed by atoms with E-state index in [0.717, 1.165) is 0 Å². The predicted molar refractivity (Wildman–Crippen MR) is 90.5 cm³/mol. The van der Waals surface area contributed by atoms with Gasteiger partial charge in [-0.3, -0.25) is 9.78 Å². The minimum absolute atomic E-state index is 0.244. The van der Waals surface area contributed by atoms with E-state index in [0.29, 0.717) is 27.2 Å². The third-order valence-electron chi connectivity index (χ3n) is 3.24. The minimum Gasteiger partial charge on any atom is -0.494 e. The Bertz CT molecular complexity index is 900. The number of pyridine rings is 2. The molecule has 0 radical (unpaired) electrons. The van der Waals surface area contributed by atoms with Crippen molar-refractivity contribution in [2.24, 2.45) is 0 Å². The van der Waals surface area contributed by atoms with Crippen LogP contribution in [0.15, 0.2) is 42.7 Å². The summed E-state index contributed by atoms with van der Waals surface area (Å²) in [6.07, 6.45) is 3.06. The van der Waals surface area contributed by atoms with E-state index < -0.39 is 0 Å². The number of nitrogens with zero attached hydrogens (tertiary/aromatic N) is 2. The molecule has 2 heterocycles. The highest BCUT2D eigenvalue weighted by Crippen LogP contribution is 2.28. The summed E-state index contributed by atoms with van der Waals surface area (Å²) >= 11 is 11.8. The van der Waals surface area contributed by atoms with E-state index >= 15 is 0 Å². The van der Waals surface area contributed by atoms with Crippen molar-refractivity contribution in [2.75, 3.05) is 12.4 Å². The number of hydrogen-bond donors (Lipinski definition) is 1. The Hall–Kier alpha value is -2.37. The first-order chi connectivity index (χ1) is 11.1. The molecule has 0 fully saturated rings. The summed E-state index contributed by atoms with van der Waals surface area (Å²) in [7, 11) is 1.56. The number of anilines is 1. The molecule has 5 nitrogen and oxygen atoms in total. The number of fused-ring (bicyclic) bond motifs is 1. The predicted octanol–water partition coefficient (Wildman–Crippen LogP) is 4.20. The molecule has 1 amide bonds. The van der Waals surface area contributed by atoms with Gasteiger partial charge >= 0.3 is 0 Å². The maximum absolute atomic E-state index is 12.6. The van der Waals surface area contributed by atoms with Crippen LogP contribution in [0.5, 0.6) is 5.75 Å². The molecule has 0 aliphatic rings. The zero-order valence-electron chi connectivity index (χ0n) is 12.0. The average molecular weight is 348 g/mol. The fourth-order valence-corrected chi connectivity index (χ4v) is 2.62. The normalized spacial score (nSPS) is 10.6. The first kappa shape index (κ1) is 15.5. The number of methoxy groups -OCH3 is 1. The maximum atomic E-state index is 12.6. The molecule has 3 aromatic rings. The molecule has 116 valence electrons. The lowest BCUT2D eigenvalue weighted by Gasteiger charge is -2.10. The van der Waals surface area contributed by atoms with Gasteiger partial charge in [-0.15, -0.1) is 0 Å². The molecule has 7 heteroatoms. The van der Waals surface area contributed by atoms with Crippen LogP contribution in [0.4, 0.5) is 5.82 Å². The molecule has 0 bridgehead atoms. The third kappa shape index (κ3) is 3.06. The molecule has 0 saturated heterocycles. The van der Waals surface area contributed by atoms with E-state index in [4.69, 9.17) is 27.9 Å². The number of amides is 1. The molecule has 2 aromatic heterocycles. The Labute approximate surface area is 142 Å². The summed E-state index contributed by atoms with van der Waals surface area (Å²) in [4.78, 5) is 20.8. The first-order valence-electron chi connectivity index (χ1n) is 6.64. The van der Waals surface area contributed by atoms with E-state index in [-0.39, 0.29) is 16.7 Å². The van der Waals surface area contributed by atoms with Gasteiger partial charge in [0.25, 0.3) is 5.91 Å². The van der Waals surface area contributed by atoms with Crippen molar-refractivity contribution in [1.82, 2.24) is 9.97 Å². The molecule has 0 spiro atoms. The van der Waals surface area contributed by atoms with Crippen molar-refractivity contribution in [3.8, 4) is 5.75 Å². The summed E-state index contributed by atoms with van der Waals surface area (Å²) in [5, 5.41) is 4.01. The monoisotopic (exact) mass is 347 g/mol. The van der Waals surface area contributed by atoms with E-state index in [2.05, 4.69) is 15.3 Å². The second kappa shape index (κ2) is 6.40. The molecule has 23 heavy (non-hydrogen) atoms. The van der Waals surface area contributed by atoms with Crippen molar-refractivity contribution < 1.29 is 9.53 Å². The Morgan fingerprint density at radius 1 is 1.22 bits per heavy atom. The standard InChI is InChI=1S/C16H11Cl2N3O2/c1-23-13-5-4-11(10-3-2-6-19-14(10)13)16(22)21-15-12(18)7-9(17)8-20-15/h2-8H,1H3,(H,20,21,22). The highest BCUT2D eigenvalue weighted by atomic mass is 35.5. The molecule has 3 rings (SSSR count). The van der Waals surface area contributed by atoms with Crippen LogP contribution in [0.25, 0.3) is 10.9 Å². The Kier molecular flexibility index (Phi) is 4.32. The van der Waals surface area contributed by atoms with Crippen LogP contribution in [-0.2, 0) is 0 Å². The fourth-order valence-electron chi connectivity index (χ4n) is 2.19. The molecule has 0 saturated carbocycles. The van der Waals surface area contributed by atoms with Crippen LogP contribution in [0.1, 0.15) is 10.4 Å². The smallest absolute Gasteiger partial charge is 0.257 e. The highest BCUT2D eigenvalue weighted by Gasteiger charge is 2.15. The van der Waals surface area contributed by atoms with Gasteiger partial charge in [-0.1, -0.05) is 29.3 Å². The minimum atomic E-state index is -0.345. The average Bonchev–Trinajstić information content (AvgIpc) is 2.56. The van der Waals surface area contributed by atoms with E-state index in [1.807, 2.05) is 0 Å². The van der Waals surface area contributed by atoms with Gasteiger partial charge in [0.05, 0.1) is 17.2 Å². The summed E-state index contributed by atoms with van der Waals surface area (Å²) in [5.74, 6) is 0.496. The molecule has 1 N–H and O–H groups in total. The summed E-state index contributed by atoms with van der Waals surface area (Å²) in [5.41, 5.74) is 1.06. The van der Waals surface area contributed by atoms with Gasteiger partial charge < -0.3 is 10.1 Å². The quantitative estimate of drug-likeness (QED) is 0.771. The molecule has 0 aliphatic heterocycles. The number of halogens is 2. The number of ether oxygens (including phenoxy) is 1. The van der Waals surface area contributed by atoms with Crippen LogP contribution in [0.2, 0.25) is 10.0 Å².